The molecule has 1 heterocycles. The van der Waals surface area contributed by atoms with Crippen molar-refractivity contribution in [3.63, 3.8) is 0 Å². The molecule has 0 atom stereocenters. The lowest BCUT2D eigenvalue weighted by Gasteiger charge is -2.19. The van der Waals surface area contributed by atoms with Gasteiger partial charge in [-0.15, -0.1) is 0 Å². The molecular weight excluding hydrogens is 482 g/mol. The molecule has 0 aliphatic rings. The molecule has 8 rings (SSSR count). The van der Waals surface area contributed by atoms with Crippen LogP contribution in [0.2, 0.25) is 0 Å². The molecule has 1 nitrogen and oxygen atoms in total. The average molecular weight is 510 g/mol. The lowest BCUT2D eigenvalue weighted by molar-refractivity contribution is 1.18. The van der Waals surface area contributed by atoms with Crippen molar-refractivity contribution in [2.45, 2.75) is 6.92 Å². The maximum absolute atomic E-state index is 2.38. The monoisotopic (exact) mass is 509 g/mol. The molecule has 0 saturated carbocycles. The molecule has 0 N–H and O–H groups in total. The van der Waals surface area contributed by atoms with Crippen LogP contribution in [-0.2, 0) is 0 Å². The van der Waals surface area contributed by atoms with Crippen LogP contribution in [0.1, 0.15) is 5.56 Å². The van der Waals surface area contributed by atoms with Gasteiger partial charge in [0.25, 0.3) is 0 Å². The molecule has 40 heavy (non-hydrogen) atoms. The first-order valence-corrected chi connectivity index (χ1v) is 13.9. The predicted molar refractivity (Wildman–Crippen MR) is 171 cm³/mol. The SMILES string of the molecule is Cc1cccc2c(-c3ccc(-n4c5ccccc5c5ccccc54)cc3)c3ccccc3c(-c3ccccc3)c12. The molecule has 8 aromatic rings. The molecule has 0 saturated heterocycles. The summed E-state index contributed by atoms with van der Waals surface area (Å²) in [5.74, 6) is 0. The van der Waals surface area contributed by atoms with E-state index in [4.69, 9.17) is 0 Å². The minimum Gasteiger partial charge on any atom is -0.309 e. The molecule has 0 unspecified atom stereocenters. The van der Waals surface area contributed by atoms with E-state index in [0.717, 1.165) is 0 Å². The first-order valence-electron chi connectivity index (χ1n) is 13.9. The molecule has 0 bridgehead atoms. The molecule has 0 fully saturated rings. The van der Waals surface area contributed by atoms with Crippen LogP contribution in [-0.4, -0.2) is 4.57 Å². The van der Waals surface area contributed by atoms with Crippen LogP contribution in [0.4, 0.5) is 0 Å². The predicted octanol–water partition coefficient (Wildman–Crippen LogP) is 10.7. The smallest absolute Gasteiger partial charge is 0.0541 e. The summed E-state index contributed by atoms with van der Waals surface area (Å²) in [5.41, 5.74) is 10.0. The topological polar surface area (TPSA) is 4.93 Å². The zero-order valence-electron chi connectivity index (χ0n) is 22.3. The third-order valence-corrected chi connectivity index (χ3v) is 8.31. The normalized spacial score (nSPS) is 11.6. The Morgan fingerprint density at radius 1 is 0.375 bits per heavy atom. The quantitative estimate of drug-likeness (QED) is 0.209. The summed E-state index contributed by atoms with van der Waals surface area (Å²) in [7, 11) is 0. The summed E-state index contributed by atoms with van der Waals surface area (Å²) in [6.45, 7) is 2.23. The van der Waals surface area contributed by atoms with Crippen molar-refractivity contribution in [1.82, 2.24) is 4.57 Å². The van der Waals surface area contributed by atoms with Crippen LogP contribution in [0.3, 0.4) is 0 Å². The van der Waals surface area contributed by atoms with Gasteiger partial charge < -0.3 is 4.57 Å². The van der Waals surface area contributed by atoms with Gasteiger partial charge in [-0.3, -0.25) is 0 Å². The molecule has 7 aromatic carbocycles. The fraction of sp³-hybridized carbons (Fsp3) is 0.0256. The Hall–Kier alpha value is -5.14. The highest BCUT2D eigenvalue weighted by atomic mass is 15.0. The van der Waals surface area contributed by atoms with Gasteiger partial charge in [-0.05, 0) is 80.6 Å². The number of rotatable bonds is 3. The van der Waals surface area contributed by atoms with E-state index in [1.54, 1.807) is 0 Å². The average Bonchev–Trinajstić information content (AvgIpc) is 3.35. The van der Waals surface area contributed by atoms with Gasteiger partial charge in [0.1, 0.15) is 0 Å². The number of benzene rings is 7. The van der Waals surface area contributed by atoms with E-state index >= 15 is 0 Å². The molecule has 0 aliphatic carbocycles. The Labute approximate surface area is 233 Å². The van der Waals surface area contributed by atoms with Crippen molar-refractivity contribution >= 4 is 43.4 Å². The van der Waals surface area contributed by atoms with E-state index in [1.165, 1.54) is 76.9 Å². The highest BCUT2D eigenvalue weighted by Gasteiger charge is 2.18. The van der Waals surface area contributed by atoms with Gasteiger partial charge in [-0.1, -0.05) is 121 Å². The molecular formula is C39H27N. The van der Waals surface area contributed by atoms with E-state index < -0.39 is 0 Å². The molecule has 1 aromatic heterocycles. The van der Waals surface area contributed by atoms with E-state index in [9.17, 15) is 0 Å². The standard InChI is InChI=1S/C39H27N/c1-26-12-11-19-34-37(26)39(27-13-3-2-4-14-27)33-18-6-5-17-32(33)38(34)28-22-24-29(25-23-28)40-35-20-9-7-15-30(35)31-16-8-10-21-36(31)40/h2-25H,1H3. The van der Waals surface area contributed by atoms with E-state index in [1.807, 2.05) is 0 Å². The number of aromatic nitrogens is 1. The number of hydrogen-bond acceptors (Lipinski definition) is 0. The zero-order valence-corrected chi connectivity index (χ0v) is 22.3. The zero-order chi connectivity index (χ0) is 26.6. The fourth-order valence-corrected chi connectivity index (χ4v) is 6.60. The Bertz CT molecular complexity index is 2150. The van der Waals surface area contributed by atoms with E-state index in [2.05, 4.69) is 157 Å². The molecule has 1 heteroatoms. The van der Waals surface area contributed by atoms with Gasteiger partial charge >= 0.3 is 0 Å². The number of fused-ring (bicyclic) bond motifs is 5. The Morgan fingerprint density at radius 3 is 1.52 bits per heavy atom. The highest BCUT2D eigenvalue weighted by Crippen LogP contribution is 2.45. The lowest BCUT2D eigenvalue weighted by atomic mass is 9.84. The van der Waals surface area contributed by atoms with Gasteiger partial charge in [0.15, 0.2) is 0 Å². The maximum atomic E-state index is 2.38. The number of aryl methyl sites for hydroxylation is 1. The molecule has 0 aliphatic heterocycles. The second-order valence-corrected chi connectivity index (χ2v) is 10.6. The Kier molecular flexibility index (Phi) is 5.11. The van der Waals surface area contributed by atoms with Crippen molar-refractivity contribution in [2.24, 2.45) is 0 Å². The van der Waals surface area contributed by atoms with Crippen LogP contribution in [0.25, 0.3) is 71.3 Å². The molecule has 0 spiro atoms. The van der Waals surface area contributed by atoms with Gasteiger partial charge in [0, 0.05) is 16.5 Å². The van der Waals surface area contributed by atoms with Gasteiger partial charge in [0.2, 0.25) is 0 Å². The second-order valence-electron chi connectivity index (χ2n) is 10.6. The van der Waals surface area contributed by atoms with Crippen LogP contribution in [0.15, 0.2) is 146 Å². The summed E-state index contributed by atoms with van der Waals surface area (Å²) < 4.78 is 2.38. The third-order valence-electron chi connectivity index (χ3n) is 8.31. The highest BCUT2D eigenvalue weighted by molar-refractivity contribution is 6.22. The summed E-state index contributed by atoms with van der Waals surface area (Å²) in [5, 5.41) is 7.76. The van der Waals surface area contributed by atoms with Crippen LogP contribution >= 0.6 is 0 Å². The number of nitrogens with zero attached hydrogens (tertiary/aromatic N) is 1. The summed E-state index contributed by atoms with van der Waals surface area (Å²) >= 11 is 0. The van der Waals surface area contributed by atoms with Gasteiger partial charge in [-0.2, -0.15) is 0 Å². The number of hydrogen-bond donors (Lipinski definition) is 0. The van der Waals surface area contributed by atoms with Crippen molar-refractivity contribution in [3.05, 3.63) is 151 Å². The minimum absolute atomic E-state index is 1.17. The first-order chi connectivity index (χ1) is 19.8. The Balaban J connectivity index is 1.40. The fourth-order valence-electron chi connectivity index (χ4n) is 6.60. The molecule has 188 valence electrons. The first kappa shape index (κ1) is 22.8. The van der Waals surface area contributed by atoms with Crippen LogP contribution < -0.4 is 0 Å². The third kappa shape index (κ3) is 3.34. The van der Waals surface area contributed by atoms with Crippen molar-refractivity contribution in [3.8, 4) is 27.9 Å². The minimum atomic E-state index is 1.17. The number of para-hydroxylation sites is 2. The van der Waals surface area contributed by atoms with Crippen molar-refractivity contribution < 1.29 is 0 Å². The van der Waals surface area contributed by atoms with Crippen LogP contribution in [0, 0.1) is 6.92 Å². The van der Waals surface area contributed by atoms with Crippen molar-refractivity contribution in [1.29, 1.82) is 0 Å². The molecule has 0 radical (unpaired) electrons. The lowest BCUT2D eigenvalue weighted by Crippen LogP contribution is -1.95. The van der Waals surface area contributed by atoms with Gasteiger partial charge in [0.05, 0.1) is 11.0 Å². The summed E-state index contributed by atoms with van der Waals surface area (Å²) in [4.78, 5) is 0. The van der Waals surface area contributed by atoms with Crippen LogP contribution in [0.5, 0.6) is 0 Å². The van der Waals surface area contributed by atoms with E-state index in [-0.39, 0.29) is 0 Å². The van der Waals surface area contributed by atoms with E-state index in [0.29, 0.717) is 0 Å². The van der Waals surface area contributed by atoms with Crippen molar-refractivity contribution in [2.75, 3.05) is 0 Å². The summed E-state index contributed by atoms with van der Waals surface area (Å²) in [6, 6.07) is 52.9. The second kappa shape index (κ2) is 8.97. The largest absolute Gasteiger partial charge is 0.309 e. The Morgan fingerprint density at radius 2 is 0.875 bits per heavy atom. The van der Waals surface area contributed by atoms with Gasteiger partial charge in [-0.25, -0.2) is 0 Å². The molecule has 0 amide bonds. The maximum Gasteiger partial charge on any atom is 0.0541 e. The summed E-state index contributed by atoms with van der Waals surface area (Å²) in [6.07, 6.45) is 0.